The Bertz CT molecular complexity index is 446. The minimum absolute atomic E-state index is 0.0417. The standard InChI is InChI=1S/C20H38N2O2/c1-15(2)11-9-10-12-18(3,4)21-17(23)16-13-19(5,6)22(24)20(7,8)14-16/h10,12,15-16,24H,9,11,13-14H2,1-8H3,(H,21,23)/p+1/b12-10+. The van der Waals surface area contributed by atoms with Gasteiger partial charge in [0.2, 0.25) is 5.91 Å². The van der Waals surface area contributed by atoms with Gasteiger partial charge in [-0.25, -0.2) is 0 Å². The minimum atomic E-state index is -0.333. The normalized spacial score (nSPS) is 22.2. The quantitative estimate of drug-likeness (QED) is 0.591. The fourth-order valence-electron chi connectivity index (χ4n) is 3.73. The smallest absolute Gasteiger partial charge is 0.223 e. The van der Waals surface area contributed by atoms with E-state index in [1.54, 1.807) is 5.06 Å². The van der Waals surface area contributed by atoms with E-state index in [1.807, 2.05) is 13.8 Å². The number of hydrogen-bond acceptors (Lipinski definition) is 2. The van der Waals surface area contributed by atoms with E-state index >= 15 is 0 Å². The van der Waals surface area contributed by atoms with Crippen LogP contribution in [0.1, 0.15) is 81.1 Å². The molecular formula is C20H39N2O2+. The Morgan fingerprint density at radius 3 is 2.21 bits per heavy atom. The van der Waals surface area contributed by atoms with Crippen LogP contribution >= 0.6 is 0 Å². The predicted octanol–water partition coefficient (Wildman–Crippen LogP) is 3.78. The number of amides is 1. The van der Waals surface area contributed by atoms with Crippen molar-refractivity contribution in [3.8, 4) is 0 Å². The largest absolute Gasteiger partial charge is 0.348 e. The van der Waals surface area contributed by atoms with Crippen LogP contribution in [0.5, 0.6) is 0 Å². The molecule has 1 rings (SSSR count). The first-order chi connectivity index (χ1) is 10.8. The third kappa shape index (κ3) is 5.89. The third-order valence-electron chi connectivity index (χ3n) is 4.96. The number of carbonyl (C=O) groups excluding carboxylic acids is 1. The third-order valence-corrected chi connectivity index (χ3v) is 4.96. The van der Waals surface area contributed by atoms with Crippen molar-refractivity contribution in [1.82, 2.24) is 10.4 Å². The highest BCUT2D eigenvalue weighted by Gasteiger charge is 2.50. The first kappa shape index (κ1) is 21.2. The molecule has 140 valence electrons. The summed E-state index contributed by atoms with van der Waals surface area (Å²) in [6, 6.07) is 0. The maximum atomic E-state index is 12.8. The second-order valence-electron chi connectivity index (χ2n) is 9.65. The van der Waals surface area contributed by atoms with Gasteiger partial charge in [-0.05, 0) is 73.1 Å². The number of carbonyl (C=O) groups is 1. The van der Waals surface area contributed by atoms with Crippen molar-refractivity contribution in [2.75, 3.05) is 0 Å². The van der Waals surface area contributed by atoms with Crippen LogP contribution in [0.3, 0.4) is 0 Å². The lowest BCUT2D eigenvalue weighted by Gasteiger charge is -2.47. The van der Waals surface area contributed by atoms with E-state index in [2.05, 4.69) is 59.0 Å². The lowest BCUT2D eigenvalue weighted by atomic mass is 9.74. The average Bonchev–Trinajstić information content (AvgIpc) is 2.39. The van der Waals surface area contributed by atoms with Gasteiger partial charge in [0.25, 0.3) is 0 Å². The van der Waals surface area contributed by atoms with E-state index in [9.17, 15) is 4.79 Å². The molecule has 0 aromatic carbocycles. The monoisotopic (exact) mass is 339 g/mol. The first-order valence-corrected chi connectivity index (χ1v) is 9.28. The number of nitrogens with one attached hydrogen (secondary N) is 1. The summed E-state index contributed by atoms with van der Waals surface area (Å²) in [6.07, 6.45) is 7.96. The molecule has 0 aromatic heterocycles. The van der Waals surface area contributed by atoms with Crippen molar-refractivity contribution in [3.63, 3.8) is 0 Å². The van der Waals surface area contributed by atoms with Gasteiger partial charge >= 0.3 is 0 Å². The van der Waals surface area contributed by atoms with Crippen molar-refractivity contribution in [2.24, 2.45) is 11.8 Å². The van der Waals surface area contributed by atoms with Crippen LogP contribution in [-0.4, -0.2) is 32.8 Å². The van der Waals surface area contributed by atoms with Crippen molar-refractivity contribution >= 4 is 5.91 Å². The Morgan fingerprint density at radius 1 is 1.25 bits per heavy atom. The summed E-state index contributed by atoms with van der Waals surface area (Å²) in [6.45, 7) is 16.8. The zero-order valence-corrected chi connectivity index (χ0v) is 17.0. The van der Waals surface area contributed by atoms with Crippen LogP contribution in [0.25, 0.3) is 0 Å². The fraction of sp³-hybridized carbons (Fsp3) is 0.850. The number of nitrogens with zero attached hydrogens (tertiary/aromatic N) is 1. The molecule has 1 heterocycles. The van der Waals surface area contributed by atoms with Gasteiger partial charge in [0.15, 0.2) is 0 Å². The van der Waals surface area contributed by atoms with E-state index in [0.29, 0.717) is 5.92 Å². The van der Waals surface area contributed by atoms with Crippen molar-refractivity contribution < 1.29 is 10.0 Å². The Hall–Kier alpha value is -0.870. The van der Waals surface area contributed by atoms with Gasteiger partial charge in [-0.1, -0.05) is 31.1 Å². The molecule has 1 amide bonds. The van der Waals surface area contributed by atoms with E-state index in [0.717, 1.165) is 19.3 Å². The Labute approximate surface area is 148 Å². The zero-order valence-electron chi connectivity index (χ0n) is 17.0. The molecule has 0 spiro atoms. The van der Waals surface area contributed by atoms with Crippen LogP contribution in [-0.2, 0) is 4.79 Å². The molecule has 1 aliphatic rings. The second-order valence-corrected chi connectivity index (χ2v) is 9.65. The van der Waals surface area contributed by atoms with Gasteiger partial charge in [0.05, 0.1) is 16.6 Å². The lowest BCUT2D eigenvalue weighted by Crippen LogP contribution is -2.61. The molecule has 0 bridgehead atoms. The molecule has 0 unspecified atom stereocenters. The van der Waals surface area contributed by atoms with Crippen LogP contribution in [0, 0.1) is 11.8 Å². The summed E-state index contributed by atoms with van der Waals surface area (Å²) in [4.78, 5) is 12.8. The molecule has 3 N–H and O–H groups in total. The highest BCUT2D eigenvalue weighted by atomic mass is 16.5. The number of rotatable bonds is 6. The summed E-state index contributed by atoms with van der Waals surface area (Å²) >= 11 is 0. The van der Waals surface area contributed by atoms with Crippen molar-refractivity contribution in [2.45, 2.75) is 97.7 Å². The van der Waals surface area contributed by atoms with Gasteiger partial charge in [-0.15, -0.1) is 0 Å². The van der Waals surface area contributed by atoms with Crippen LogP contribution in [0.15, 0.2) is 12.2 Å². The van der Waals surface area contributed by atoms with Gasteiger partial charge in [0.1, 0.15) is 0 Å². The second kappa shape index (κ2) is 7.57. The van der Waals surface area contributed by atoms with E-state index in [1.165, 1.54) is 6.42 Å². The van der Waals surface area contributed by atoms with E-state index in [-0.39, 0.29) is 28.4 Å². The van der Waals surface area contributed by atoms with E-state index < -0.39 is 0 Å². The minimum Gasteiger partial charge on any atom is -0.348 e. The van der Waals surface area contributed by atoms with Gasteiger partial charge < -0.3 is 10.5 Å². The topological polar surface area (TPSA) is 55.2 Å². The Balaban J connectivity index is 2.69. The van der Waals surface area contributed by atoms with E-state index in [4.69, 9.17) is 5.21 Å². The van der Waals surface area contributed by atoms with Crippen molar-refractivity contribution in [3.05, 3.63) is 12.2 Å². The van der Waals surface area contributed by atoms with Gasteiger partial charge in [-0.3, -0.25) is 4.79 Å². The van der Waals surface area contributed by atoms with Gasteiger partial charge in [-0.2, -0.15) is 0 Å². The summed E-state index contributed by atoms with van der Waals surface area (Å²) in [7, 11) is 0. The molecule has 0 atom stereocenters. The molecule has 4 nitrogen and oxygen atoms in total. The molecule has 0 aromatic rings. The Morgan fingerprint density at radius 2 is 1.75 bits per heavy atom. The number of piperidine rings is 1. The summed E-state index contributed by atoms with van der Waals surface area (Å²) in [5.74, 6) is 0.773. The average molecular weight is 340 g/mol. The lowest BCUT2D eigenvalue weighted by molar-refractivity contribution is -0.249. The molecule has 1 fully saturated rings. The molecule has 4 heteroatoms. The molecule has 0 radical (unpaired) electrons. The molecule has 1 saturated heterocycles. The Kier molecular flexibility index (Phi) is 6.68. The highest BCUT2D eigenvalue weighted by Crippen LogP contribution is 2.40. The molecular weight excluding hydrogens is 300 g/mol. The number of hydroxylamine groups is 2. The molecule has 0 saturated carbocycles. The SMILES string of the molecule is CC(C)CC/C=C/C(C)(C)NC(=O)C1CC(C)(C)N([OH2+])C(C)(C)C1. The van der Waals surface area contributed by atoms with Crippen LogP contribution < -0.4 is 5.32 Å². The van der Waals surface area contributed by atoms with Crippen LogP contribution in [0.2, 0.25) is 0 Å². The summed E-state index contributed by atoms with van der Waals surface area (Å²) < 4.78 is 0. The number of allylic oxidation sites excluding steroid dienone is 1. The number of hydrogen-bond donors (Lipinski definition) is 1. The molecule has 24 heavy (non-hydrogen) atoms. The maximum absolute atomic E-state index is 12.8. The first-order valence-electron chi connectivity index (χ1n) is 9.28. The molecule has 1 aliphatic heterocycles. The van der Waals surface area contributed by atoms with Crippen molar-refractivity contribution in [1.29, 1.82) is 0 Å². The predicted molar refractivity (Wildman–Crippen MR) is 102 cm³/mol. The highest BCUT2D eigenvalue weighted by molar-refractivity contribution is 5.80. The summed E-state index contributed by atoms with van der Waals surface area (Å²) in [5.41, 5.74) is -0.914. The van der Waals surface area contributed by atoms with Crippen LogP contribution in [0.4, 0.5) is 0 Å². The zero-order chi connectivity index (χ0) is 18.8. The maximum Gasteiger partial charge on any atom is 0.223 e. The summed E-state index contributed by atoms with van der Waals surface area (Å²) in [5, 5.41) is 13.2. The van der Waals surface area contributed by atoms with Gasteiger partial charge in [0, 0.05) is 5.92 Å². The molecule has 0 aliphatic carbocycles. The fourth-order valence-corrected chi connectivity index (χ4v) is 3.73.